The summed E-state index contributed by atoms with van der Waals surface area (Å²) in [6.07, 6.45) is -0.294. The number of halogens is 2. The summed E-state index contributed by atoms with van der Waals surface area (Å²) in [7, 11) is 0. The van der Waals surface area contributed by atoms with Crippen LogP contribution in [0.15, 0.2) is 4.52 Å². The third-order valence-electron chi connectivity index (χ3n) is 2.00. The van der Waals surface area contributed by atoms with E-state index in [1.165, 1.54) is 0 Å². The van der Waals surface area contributed by atoms with E-state index in [0.717, 1.165) is 0 Å². The molecule has 1 aliphatic carbocycles. The number of rotatable bonds is 1. The Morgan fingerprint density at radius 1 is 1.50 bits per heavy atom. The summed E-state index contributed by atoms with van der Waals surface area (Å²) in [5.74, 6) is -1.88. The Labute approximate surface area is 67.8 Å². The van der Waals surface area contributed by atoms with E-state index in [2.05, 4.69) is 14.7 Å². The average molecular weight is 174 g/mol. The Morgan fingerprint density at radius 3 is 2.58 bits per heavy atom. The Hall–Kier alpha value is -1.00. The summed E-state index contributed by atoms with van der Waals surface area (Å²) < 4.78 is 29.5. The third-order valence-corrected chi connectivity index (χ3v) is 2.00. The summed E-state index contributed by atoms with van der Waals surface area (Å²) in [4.78, 5) is 3.89. The number of aromatic nitrogens is 2. The first-order valence-corrected chi connectivity index (χ1v) is 3.75. The fraction of sp³-hybridized carbons (Fsp3) is 0.714. The molecular weight excluding hydrogens is 166 g/mol. The minimum absolute atomic E-state index is 0.147. The predicted octanol–water partition coefficient (Wildman–Crippen LogP) is 1.89. The summed E-state index contributed by atoms with van der Waals surface area (Å²) in [5.41, 5.74) is 0. The van der Waals surface area contributed by atoms with Crippen LogP contribution in [-0.2, 0) is 0 Å². The second-order valence-electron chi connectivity index (χ2n) is 3.13. The van der Waals surface area contributed by atoms with Crippen molar-refractivity contribution in [2.24, 2.45) is 0 Å². The maximum Gasteiger partial charge on any atom is 0.249 e. The van der Waals surface area contributed by atoms with Crippen LogP contribution in [0.4, 0.5) is 8.78 Å². The molecule has 1 heterocycles. The molecule has 1 aromatic heterocycles. The Balaban J connectivity index is 2.06. The highest BCUT2D eigenvalue weighted by atomic mass is 19.3. The normalized spacial score (nSPS) is 22.2. The minimum atomic E-state index is -2.51. The molecule has 0 aromatic carbocycles. The van der Waals surface area contributed by atoms with Gasteiger partial charge < -0.3 is 4.52 Å². The van der Waals surface area contributed by atoms with Crippen molar-refractivity contribution in [1.82, 2.24) is 10.1 Å². The van der Waals surface area contributed by atoms with Gasteiger partial charge >= 0.3 is 0 Å². The van der Waals surface area contributed by atoms with Gasteiger partial charge in [0.1, 0.15) is 0 Å². The van der Waals surface area contributed by atoms with E-state index in [1.54, 1.807) is 6.92 Å². The molecule has 0 bridgehead atoms. The van der Waals surface area contributed by atoms with Gasteiger partial charge in [-0.05, 0) is 0 Å². The smallest absolute Gasteiger partial charge is 0.249 e. The molecule has 0 radical (unpaired) electrons. The van der Waals surface area contributed by atoms with E-state index in [4.69, 9.17) is 0 Å². The van der Waals surface area contributed by atoms with Crippen molar-refractivity contribution in [1.29, 1.82) is 0 Å². The molecule has 0 spiro atoms. The highest BCUT2D eigenvalue weighted by Crippen LogP contribution is 2.47. The first-order valence-electron chi connectivity index (χ1n) is 3.75. The number of alkyl halides is 2. The van der Waals surface area contributed by atoms with Gasteiger partial charge in [-0.3, -0.25) is 0 Å². The maximum absolute atomic E-state index is 12.4. The summed E-state index contributed by atoms with van der Waals surface area (Å²) in [6.45, 7) is 1.65. The topological polar surface area (TPSA) is 38.9 Å². The van der Waals surface area contributed by atoms with Gasteiger partial charge in [-0.25, -0.2) is 8.78 Å². The highest BCUT2D eigenvalue weighted by molar-refractivity contribution is 5.05. The van der Waals surface area contributed by atoms with Crippen LogP contribution >= 0.6 is 0 Å². The lowest BCUT2D eigenvalue weighted by Gasteiger charge is -2.32. The zero-order chi connectivity index (χ0) is 8.77. The Morgan fingerprint density at radius 2 is 2.17 bits per heavy atom. The lowest BCUT2D eigenvalue weighted by Crippen LogP contribution is -2.34. The first-order chi connectivity index (χ1) is 5.57. The second-order valence-corrected chi connectivity index (χ2v) is 3.13. The van der Waals surface area contributed by atoms with Gasteiger partial charge in [0.25, 0.3) is 0 Å². The Bertz CT molecular complexity index is 289. The van der Waals surface area contributed by atoms with Gasteiger partial charge in [0.2, 0.25) is 11.8 Å². The highest BCUT2D eigenvalue weighted by Gasteiger charge is 2.47. The van der Waals surface area contributed by atoms with Crippen molar-refractivity contribution < 1.29 is 13.3 Å². The quantitative estimate of drug-likeness (QED) is 0.652. The largest absolute Gasteiger partial charge is 0.340 e. The van der Waals surface area contributed by atoms with Crippen molar-refractivity contribution in [3.05, 3.63) is 11.7 Å². The van der Waals surface area contributed by atoms with Crippen molar-refractivity contribution in [2.75, 3.05) is 0 Å². The van der Waals surface area contributed by atoms with E-state index in [9.17, 15) is 8.78 Å². The number of hydrogen-bond donors (Lipinski definition) is 0. The molecule has 66 valence electrons. The Kier molecular flexibility index (Phi) is 1.43. The van der Waals surface area contributed by atoms with E-state index in [1.807, 2.05) is 0 Å². The van der Waals surface area contributed by atoms with Crippen LogP contribution in [-0.4, -0.2) is 16.1 Å². The number of nitrogens with zero attached hydrogens (tertiary/aromatic N) is 2. The van der Waals surface area contributed by atoms with Gasteiger partial charge in [0, 0.05) is 25.7 Å². The molecule has 0 N–H and O–H groups in total. The lowest BCUT2D eigenvalue weighted by atomic mass is 9.81. The zero-order valence-electron chi connectivity index (χ0n) is 6.55. The maximum atomic E-state index is 12.4. The van der Waals surface area contributed by atoms with Crippen molar-refractivity contribution in [2.45, 2.75) is 31.6 Å². The minimum Gasteiger partial charge on any atom is -0.340 e. The second kappa shape index (κ2) is 2.24. The first kappa shape index (κ1) is 7.64. The van der Waals surface area contributed by atoms with Crippen molar-refractivity contribution in [3.63, 3.8) is 0 Å². The molecule has 1 fully saturated rings. The molecular formula is C7H8F2N2O. The summed E-state index contributed by atoms with van der Waals surface area (Å²) in [6, 6.07) is 0. The average Bonchev–Trinajstić information content (AvgIpc) is 2.30. The van der Waals surface area contributed by atoms with E-state index in [0.29, 0.717) is 11.7 Å². The molecule has 0 atom stereocenters. The zero-order valence-corrected chi connectivity index (χ0v) is 6.55. The monoisotopic (exact) mass is 174 g/mol. The van der Waals surface area contributed by atoms with Crippen molar-refractivity contribution in [3.8, 4) is 0 Å². The lowest BCUT2D eigenvalue weighted by molar-refractivity contribution is -0.0888. The van der Waals surface area contributed by atoms with Gasteiger partial charge in [-0.2, -0.15) is 4.98 Å². The van der Waals surface area contributed by atoms with Gasteiger partial charge in [0.15, 0.2) is 5.82 Å². The van der Waals surface area contributed by atoms with Crippen molar-refractivity contribution >= 4 is 0 Å². The molecule has 3 nitrogen and oxygen atoms in total. The van der Waals surface area contributed by atoms with Crippen LogP contribution in [0.5, 0.6) is 0 Å². The van der Waals surface area contributed by atoms with Crippen LogP contribution in [0.25, 0.3) is 0 Å². The fourth-order valence-electron chi connectivity index (χ4n) is 1.32. The van der Waals surface area contributed by atoms with E-state index in [-0.39, 0.29) is 18.8 Å². The molecule has 0 saturated heterocycles. The summed E-state index contributed by atoms with van der Waals surface area (Å²) in [5, 5.41) is 3.58. The molecule has 5 heteroatoms. The van der Waals surface area contributed by atoms with Crippen LogP contribution in [0.2, 0.25) is 0 Å². The van der Waals surface area contributed by atoms with Crippen LogP contribution < -0.4 is 0 Å². The van der Waals surface area contributed by atoms with Gasteiger partial charge in [0.05, 0.1) is 0 Å². The van der Waals surface area contributed by atoms with Crippen LogP contribution in [0.1, 0.15) is 30.5 Å². The molecule has 1 aliphatic rings. The fourth-order valence-corrected chi connectivity index (χ4v) is 1.32. The van der Waals surface area contributed by atoms with Gasteiger partial charge in [-0.1, -0.05) is 5.16 Å². The van der Waals surface area contributed by atoms with E-state index < -0.39 is 5.92 Å². The molecule has 12 heavy (non-hydrogen) atoms. The van der Waals surface area contributed by atoms with Crippen LogP contribution in [0, 0.1) is 6.92 Å². The number of aryl methyl sites for hydroxylation is 1. The molecule has 0 amide bonds. The molecule has 1 aromatic rings. The van der Waals surface area contributed by atoms with Crippen LogP contribution in [0.3, 0.4) is 0 Å². The molecule has 2 rings (SSSR count). The SMILES string of the molecule is Cc1nc(C2CC(F)(F)C2)no1. The standard InChI is InChI=1S/C7H8F2N2O/c1-4-10-6(11-12-4)5-2-7(8,9)3-5/h5H,2-3H2,1H3. The van der Waals surface area contributed by atoms with Gasteiger partial charge in [-0.15, -0.1) is 0 Å². The molecule has 0 unspecified atom stereocenters. The molecule has 0 aliphatic heterocycles. The predicted molar refractivity (Wildman–Crippen MR) is 36.0 cm³/mol. The third kappa shape index (κ3) is 1.19. The molecule has 1 saturated carbocycles. The van der Waals surface area contributed by atoms with E-state index >= 15 is 0 Å². The summed E-state index contributed by atoms with van der Waals surface area (Å²) >= 11 is 0. The number of hydrogen-bond acceptors (Lipinski definition) is 3.